The molecule has 0 bridgehead atoms. The molecule has 2 rings (SSSR count). The van der Waals surface area contributed by atoms with Crippen molar-refractivity contribution in [1.29, 1.82) is 0 Å². The Morgan fingerprint density at radius 1 is 1.10 bits per heavy atom. The quantitative estimate of drug-likeness (QED) is 0.836. The average molecular weight is 289 g/mol. The van der Waals surface area contributed by atoms with E-state index in [1.165, 1.54) is 4.31 Å². The second-order valence-corrected chi connectivity index (χ2v) is 6.85. The van der Waals surface area contributed by atoms with Gasteiger partial charge < -0.3 is 0 Å². The van der Waals surface area contributed by atoms with Gasteiger partial charge in [0.2, 0.25) is 0 Å². The van der Waals surface area contributed by atoms with E-state index in [2.05, 4.69) is 13.2 Å². The summed E-state index contributed by atoms with van der Waals surface area (Å²) >= 11 is 0. The van der Waals surface area contributed by atoms with Crippen LogP contribution in [-0.2, 0) is 10.0 Å². The van der Waals surface area contributed by atoms with Crippen molar-refractivity contribution in [2.75, 3.05) is 6.54 Å². The summed E-state index contributed by atoms with van der Waals surface area (Å²) in [6.45, 7) is 12.1. The van der Waals surface area contributed by atoms with Gasteiger partial charge in [0.05, 0.1) is 10.6 Å². The highest BCUT2D eigenvalue weighted by Crippen LogP contribution is 2.29. The first-order valence-corrected chi connectivity index (χ1v) is 7.93. The molecule has 4 heteroatoms. The van der Waals surface area contributed by atoms with Crippen LogP contribution in [0.1, 0.15) is 18.9 Å². The molecule has 0 unspecified atom stereocenters. The molecule has 0 amide bonds. The first-order valence-electron chi connectivity index (χ1n) is 6.49. The van der Waals surface area contributed by atoms with Gasteiger partial charge in [0, 0.05) is 6.54 Å². The van der Waals surface area contributed by atoms with Crippen molar-refractivity contribution in [2.24, 2.45) is 0 Å². The fourth-order valence-electron chi connectivity index (χ4n) is 2.14. The topological polar surface area (TPSA) is 37.4 Å². The first-order chi connectivity index (χ1) is 9.34. The zero-order valence-corrected chi connectivity index (χ0v) is 12.7. The van der Waals surface area contributed by atoms with Crippen LogP contribution in [0.5, 0.6) is 0 Å². The van der Waals surface area contributed by atoms with Gasteiger partial charge in [0.15, 0.2) is 0 Å². The molecule has 1 aliphatic rings. The third kappa shape index (κ3) is 2.56. The summed E-state index contributed by atoms with van der Waals surface area (Å²) in [6.07, 6.45) is 2.66. The van der Waals surface area contributed by atoms with E-state index in [-0.39, 0.29) is 4.90 Å². The Kier molecular flexibility index (Phi) is 3.86. The fourth-order valence-corrected chi connectivity index (χ4v) is 3.62. The maximum absolute atomic E-state index is 12.7. The van der Waals surface area contributed by atoms with Gasteiger partial charge in [-0.2, -0.15) is 0 Å². The molecule has 0 spiro atoms. The Hall–Kier alpha value is -1.81. The molecule has 0 aromatic heterocycles. The Morgan fingerprint density at radius 3 is 2.30 bits per heavy atom. The number of hydrogen-bond donors (Lipinski definition) is 0. The number of rotatable bonds is 2. The zero-order valence-electron chi connectivity index (χ0n) is 11.9. The predicted octanol–water partition coefficient (Wildman–Crippen LogP) is 3.41. The van der Waals surface area contributed by atoms with Crippen LogP contribution in [0.4, 0.5) is 0 Å². The molecule has 1 aliphatic heterocycles. The van der Waals surface area contributed by atoms with E-state index in [4.69, 9.17) is 0 Å². The molecule has 0 atom stereocenters. The fraction of sp³-hybridized carbons (Fsp3) is 0.250. The van der Waals surface area contributed by atoms with Gasteiger partial charge in [-0.15, -0.1) is 0 Å². The number of hydrogen-bond acceptors (Lipinski definition) is 2. The highest BCUT2D eigenvalue weighted by Gasteiger charge is 2.27. The molecule has 0 fully saturated rings. The van der Waals surface area contributed by atoms with Crippen molar-refractivity contribution < 1.29 is 8.42 Å². The summed E-state index contributed by atoms with van der Waals surface area (Å²) in [6, 6.07) is 6.86. The Bertz CT molecular complexity index is 682. The van der Waals surface area contributed by atoms with Crippen molar-refractivity contribution in [1.82, 2.24) is 4.31 Å². The summed E-state index contributed by atoms with van der Waals surface area (Å²) in [4.78, 5) is 0.289. The lowest BCUT2D eigenvalue weighted by atomic mass is 10.1. The third-order valence-electron chi connectivity index (χ3n) is 3.52. The summed E-state index contributed by atoms with van der Waals surface area (Å²) in [7, 11) is -3.57. The van der Waals surface area contributed by atoms with Gasteiger partial charge >= 0.3 is 0 Å². The van der Waals surface area contributed by atoms with Crippen molar-refractivity contribution in [3.8, 4) is 0 Å². The molecule has 0 N–H and O–H groups in total. The van der Waals surface area contributed by atoms with Gasteiger partial charge in [-0.25, -0.2) is 8.42 Å². The van der Waals surface area contributed by atoms with Crippen LogP contribution in [0.25, 0.3) is 0 Å². The van der Waals surface area contributed by atoms with E-state index in [9.17, 15) is 8.42 Å². The lowest BCUT2D eigenvalue weighted by molar-refractivity contribution is 0.489. The molecule has 20 heavy (non-hydrogen) atoms. The second-order valence-electron chi connectivity index (χ2n) is 4.99. The minimum Gasteiger partial charge on any atom is -0.266 e. The van der Waals surface area contributed by atoms with Crippen molar-refractivity contribution >= 4 is 10.0 Å². The van der Waals surface area contributed by atoms with Gasteiger partial charge in [-0.1, -0.05) is 36.9 Å². The van der Waals surface area contributed by atoms with Crippen LogP contribution in [0.2, 0.25) is 0 Å². The van der Waals surface area contributed by atoms with Crippen LogP contribution in [-0.4, -0.2) is 19.3 Å². The molecule has 0 saturated carbocycles. The van der Waals surface area contributed by atoms with E-state index in [1.54, 1.807) is 24.3 Å². The predicted molar refractivity (Wildman–Crippen MR) is 81.7 cm³/mol. The first kappa shape index (κ1) is 14.6. The monoisotopic (exact) mass is 289 g/mol. The third-order valence-corrected chi connectivity index (χ3v) is 5.37. The van der Waals surface area contributed by atoms with E-state index in [0.717, 1.165) is 11.1 Å². The second kappa shape index (κ2) is 5.29. The summed E-state index contributed by atoms with van der Waals surface area (Å²) in [5, 5.41) is 0. The summed E-state index contributed by atoms with van der Waals surface area (Å²) < 4.78 is 26.8. The Morgan fingerprint density at radius 2 is 1.70 bits per heavy atom. The van der Waals surface area contributed by atoms with Crippen molar-refractivity contribution in [3.05, 3.63) is 65.9 Å². The lowest BCUT2D eigenvalue weighted by Crippen LogP contribution is -2.30. The minimum absolute atomic E-state index is 0.289. The van der Waals surface area contributed by atoms with Gasteiger partial charge in [-0.3, -0.25) is 4.31 Å². The molecular weight excluding hydrogens is 270 g/mol. The van der Waals surface area contributed by atoms with E-state index < -0.39 is 10.0 Å². The largest absolute Gasteiger partial charge is 0.266 e. The molecule has 0 saturated heterocycles. The molecule has 1 heterocycles. The van der Waals surface area contributed by atoms with Crippen LogP contribution in [0, 0.1) is 6.92 Å². The molecule has 3 nitrogen and oxygen atoms in total. The highest BCUT2D eigenvalue weighted by molar-refractivity contribution is 7.89. The standard InChI is InChI=1S/C16H19NO2S/c1-12-7-9-16(10-8-12)20(18,19)17-11-5-6-13(2)14(3)15(17)4/h6-10H,3-5,11H2,1-2H3. The Labute approximate surface area is 121 Å². The molecular formula is C16H19NO2S. The molecule has 106 valence electrons. The van der Waals surface area contributed by atoms with Crippen LogP contribution in [0.15, 0.2) is 65.2 Å². The van der Waals surface area contributed by atoms with Crippen molar-refractivity contribution in [2.45, 2.75) is 25.2 Å². The summed E-state index contributed by atoms with van der Waals surface area (Å²) in [5.41, 5.74) is 3.15. The molecule has 0 radical (unpaired) electrons. The maximum Gasteiger partial charge on any atom is 0.264 e. The van der Waals surface area contributed by atoms with Gasteiger partial charge in [0.1, 0.15) is 0 Å². The molecule has 1 aromatic rings. The number of sulfonamides is 1. The van der Waals surface area contributed by atoms with E-state index in [1.807, 2.05) is 19.9 Å². The van der Waals surface area contributed by atoms with Crippen LogP contribution in [0.3, 0.4) is 0 Å². The van der Waals surface area contributed by atoms with Crippen LogP contribution < -0.4 is 0 Å². The van der Waals surface area contributed by atoms with Crippen LogP contribution >= 0.6 is 0 Å². The average Bonchev–Trinajstić information content (AvgIpc) is 2.53. The number of aryl methyl sites for hydroxylation is 1. The van der Waals surface area contributed by atoms with E-state index in [0.29, 0.717) is 24.2 Å². The smallest absolute Gasteiger partial charge is 0.264 e. The van der Waals surface area contributed by atoms with Crippen molar-refractivity contribution in [3.63, 3.8) is 0 Å². The molecule has 0 aliphatic carbocycles. The van der Waals surface area contributed by atoms with Gasteiger partial charge in [0.25, 0.3) is 10.0 Å². The Balaban J connectivity index is 2.42. The number of nitrogens with zero attached hydrogens (tertiary/aromatic N) is 1. The van der Waals surface area contributed by atoms with Gasteiger partial charge in [-0.05, 0) is 43.5 Å². The maximum atomic E-state index is 12.7. The van der Waals surface area contributed by atoms with E-state index >= 15 is 0 Å². The number of benzene rings is 1. The molecule has 1 aromatic carbocycles. The number of allylic oxidation sites excluding steroid dienone is 1. The SMILES string of the molecule is C=C1C(=C)N(S(=O)(=O)c2ccc(C)cc2)CCC=C1C. The highest BCUT2D eigenvalue weighted by atomic mass is 32.2. The zero-order chi connectivity index (χ0) is 14.9. The minimum atomic E-state index is -3.57. The lowest BCUT2D eigenvalue weighted by Gasteiger charge is -2.25. The summed E-state index contributed by atoms with van der Waals surface area (Å²) in [5.74, 6) is 0. The normalized spacial score (nSPS) is 16.9.